The molecule has 8 nitrogen and oxygen atoms in total. The van der Waals surface area contributed by atoms with Crippen LogP contribution < -0.4 is 15.8 Å². The number of aliphatic hydroxyl groups excluding tert-OH is 1. The highest BCUT2D eigenvalue weighted by Crippen LogP contribution is 2.28. The molecule has 4 N–H and O–H groups in total. The molecule has 8 heteroatoms. The molecule has 0 heterocycles. The molecule has 2 aromatic rings. The molecule has 0 aliphatic rings. The first kappa shape index (κ1) is 27.3. The van der Waals surface area contributed by atoms with Crippen LogP contribution in [-0.4, -0.2) is 42.1 Å². The molecule has 3 atom stereocenters. The van der Waals surface area contributed by atoms with Crippen LogP contribution in [0, 0.1) is 0 Å². The largest absolute Gasteiger partial charge is 0.516 e. The Morgan fingerprint density at radius 2 is 1.68 bits per heavy atom. The topological polar surface area (TPSA) is 120 Å². The number of hydrogen-bond donors (Lipinski definition) is 3. The lowest BCUT2D eigenvalue weighted by Gasteiger charge is -2.33. The Balaban J connectivity index is 2.21. The first-order valence-corrected chi connectivity index (χ1v) is 11.3. The first-order valence-electron chi connectivity index (χ1n) is 11.3. The molecule has 0 unspecified atom stereocenters. The zero-order chi connectivity index (χ0) is 25.4. The number of ether oxygens (including phenoxy) is 3. The molecule has 0 amide bonds. The van der Waals surface area contributed by atoms with E-state index < -0.39 is 35.4 Å². The van der Waals surface area contributed by atoms with E-state index in [1.807, 2.05) is 49.4 Å². The molecule has 0 fully saturated rings. The SMILES string of the molecule is CC[C@](N)(C[C@H](O)[C@H](NCc1ccc(OC)cc1)C(=O)OC(=O)OC(C)(C)C)c1ccccc1. The Kier molecular flexibility index (Phi) is 9.61. The van der Waals surface area contributed by atoms with Gasteiger partial charge in [0.15, 0.2) is 0 Å². The van der Waals surface area contributed by atoms with Gasteiger partial charge in [0, 0.05) is 12.1 Å². The number of nitrogens with one attached hydrogen (secondary N) is 1. The average Bonchev–Trinajstić information content (AvgIpc) is 2.78. The molecule has 2 aromatic carbocycles. The van der Waals surface area contributed by atoms with Crippen LogP contribution in [0.25, 0.3) is 0 Å². The predicted molar refractivity (Wildman–Crippen MR) is 129 cm³/mol. The summed E-state index contributed by atoms with van der Waals surface area (Å²) in [7, 11) is 1.58. The van der Waals surface area contributed by atoms with Crippen LogP contribution in [0.2, 0.25) is 0 Å². The zero-order valence-corrected chi connectivity index (χ0v) is 20.5. The summed E-state index contributed by atoms with van der Waals surface area (Å²) in [4.78, 5) is 25.0. The van der Waals surface area contributed by atoms with Crippen molar-refractivity contribution in [2.75, 3.05) is 7.11 Å². The standard InChI is InChI=1S/C26H36N2O6/c1-6-26(27,19-10-8-7-9-11-19)16-21(29)22(23(30)33-24(31)34-25(2,3)4)28-17-18-12-14-20(32-5)15-13-18/h7-15,21-22,28-29H,6,16-17,27H2,1-5H3/t21-,22-,26-/m0/s1. The van der Waals surface area contributed by atoms with E-state index in [1.54, 1.807) is 40.0 Å². The maximum absolute atomic E-state index is 12.9. The minimum Gasteiger partial charge on any atom is -0.497 e. The molecule has 34 heavy (non-hydrogen) atoms. The third-order valence-electron chi connectivity index (χ3n) is 5.45. The van der Waals surface area contributed by atoms with Gasteiger partial charge in [0.05, 0.1) is 13.2 Å². The van der Waals surface area contributed by atoms with E-state index in [4.69, 9.17) is 19.9 Å². The Morgan fingerprint density at radius 3 is 2.21 bits per heavy atom. The van der Waals surface area contributed by atoms with Crippen LogP contribution in [0.4, 0.5) is 4.79 Å². The summed E-state index contributed by atoms with van der Waals surface area (Å²) >= 11 is 0. The number of aliphatic hydroxyl groups is 1. The molecule has 2 rings (SSSR count). The lowest BCUT2D eigenvalue weighted by atomic mass is 9.81. The Hall–Kier alpha value is -2.94. The van der Waals surface area contributed by atoms with Crippen LogP contribution in [0.1, 0.15) is 51.7 Å². The summed E-state index contributed by atoms with van der Waals surface area (Å²) in [5, 5.41) is 14.1. The Bertz CT molecular complexity index is 927. The van der Waals surface area contributed by atoms with Gasteiger partial charge in [-0.15, -0.1) is 0 Å². The molecular formula is C26H36N2O6. The summed E-state index contributed by atoms with van der Waals surface area (Å²) < 4.78 is 15.2. The summed E-state index contributed by atoms with van der Waals surface area (Å²) in [6.07, 6.45) is -1.77. The van der Waals surface area contributed by atoms with Gasteiger partial charge in [-0.1, -0.05) is 49.4 Å². The minimum absolute atomic E-state index is 0.0667. The lowest BCUT2D eigenvalue weighted by molar-refractivity contribution is -0.147. The van der Waals surface area contributed by atoms with Crippen LogP contribution in [0.15, 0.2) is 54.6 Å². The molecule has 0 bridgehead atoms. The van der Waals surface area contributed by atoms with Gasteiger partial charge < -0.3 is 25.1 Å². The predicted octanol–water partition coefficient (Wildman–Crippen LogP) is 3.65. The molecule has 0 aliphatic carbocycles. The van der Waals surface area contributed by atoms with Crippen molar-refractivity contribution in [3.63, 3.8) is 0 Å². The van der Waals surface area contributed by atoms with E-state index in [0.29, 0.717) is 12.2 Å². The van der Waals surface area contributed by atoms with Crippen molar-refractivity contribution in [2.45, 2.75) is 70.4 Å². The van der Waals surface area contributed by atoms with E-state index >= 15 is 0 Å². The van der Waals surface area contributed by atoms with Gasteiger partial charge in [0.25, 0.3) is 0 Å². The van der Waals surface area contributed by atoms with Crippen molar-refractivity contribution in [1.82, 2.24) is 5.32 Å². The maximum Gasteiger partial charge on any atom is 0.516 e. The van der Waals surface area contributed by atoms with Crippen molar-refractivity contribution in [2.24, 2.45) is 5.73 Å². The summed E-state index contributed by atoms with van der Waals surface area (Å²) in [5.74, 6) is -0.245. The van der Waals surface area contributed by atoms with Gasteiger partial charge in [0.1, 0.15) is 17.4 Å². The fourth-order valence-corrected chi connectivity index (χ4v) is 3.49. The molecule has 0 aromatic heterocycles. The van der Waals surface area contributed by atoms with Gasteiger partial charge >= 0.3 is 12.1 Å². The Labute approximate surface area is 201 Å². The molecule has 0 spiro atoms. The van der Waals surface area contributed by atoms with Gasteiger partial charge in [0.2, 0.25) is 0 Å². The second-order valence-electron chi connectivity index (χ2n) is 9.24. The van der Waals surface area contributed by atoms with E-state index in [0.717, 1.165) is 11.1 Å². The van der Waals surface area contributed by atoms with Crippen molar-refractivity contribution in [3.8, 4) is 5.75 Å². The van der Waals surface area contributed by atoms with Crippen molar-refractivity contribution in [3.05, 3.63) is 65.7 Å². The second-order valence-corrected chi connectivity index (χ2v) is 9.24. The lowest BCUT2D eigenvalue weighted by Crippen LogP contribution is -2.51. The summed E-state index contributed by atoms with van der Waals surface area (Å²) in [5.41, 5.74) is 6.61. The van der Waals surface area contributed by atoms with Gasteiger partial charge in [-0.05, 0) is 56.9 Å². The number of carbonyl (C=O) groups excluding carboxylic acids is 2. The molecule has 0 saturated carbocycles. The maximum atomic E-state index is 12.9. The fraction of sp³-hybridized carbons (Fsp3) is 0.462. The van der Waals surface area contributed by atoms with Crippen LogP contribution >= 0.6 is 0 Å². The van der Waals surface area contributed by atoms with E-state index in [2.05, 4.69) is 5.32 Å². The first-order chi connectivity index (χ1) is 16.0. The fourth-order valence-electron chi connectivity index (χ4n) is 3.49. The number of carbonyl (C=O) groups is 2. The Morgan fingerprint density at radius 1 is 1.06 bits per heavy atom. The molecule has 186 valence electrons. The van der Waals surface area contributed by atoms with Crippen LogP contribution in [-0.2, 0) is 26.4 Å². The average molecular weight is 473 g/mol. The number of nitrogens with two attached hydrogens (primary N) is 1. The van der Waals surface area contributed by atoms with Crippen LogP contribution in [0.3, 0.4) is 0 Å². The molecule has 0 radical (unpaired) electrons. The minimum atomic E-state index is -1.24. The molecular weight excluding hydrogens is 436 g/mol. The number of benzene rings is 2. The third kappa shape index (κ3) is 8.13. The zero-order valence-electron chi connectivity index (χ0n) is 20.5. The monoisotopic (exact) mass is 472 g/mol. The van der Waals surface area contributed by atoms with E-state index in [9.17, 15) is 14.7 Å². The van der Waals surface area contributed by atoms with Crippen molar-refractivity contribution in [1.29, 1.82) is 0 Å². The van der Waals surface area contributed by atoms with Crippen LogP contribution in [0.5, 0.6) is 5.75 Å². The normalized spacial score (nSPS) is 15.0. The number of methoxy groups -OCH3 is 1. The highest BCUT2D eigenvalue weighted by atomic mass is 16.7. The quantitative estimate of drug-likeness (QED) is 0.354. The number of hydrogen-bond acceptors (Lipinski definition) is 8. The van der Waals surface area contributed by atoms with E-state index in [1.165, 1.54) is 0 Å². The molecule has 0 saturated heterocycles. The second kappa shape index (κ2) is 12.0. The number of rotatable bonds is 10. The highest BCUT2D eigenvalue weighted by molar-refractivity contribution is 5.86. The van der Waals surface area contributed by atoms with Crippen molar-refractivity contribution < 1.29 is 28.9 Å². The third-order valence-corrected chi connectivity index (χ3v) is 5.45. The van der Waals surface area contributed by atoms with Gasteiger partial charge in [-0.25, -0.2) is 9.59 Å². The van der Waals surface area contributed by atoms with E-state index in [-0.39, 0.29) is 13.0 Å². The van der Waals surface area contributed by atoms with Gasteiger partial charge in [-0.2, -0.15) is 0 Å². The van der Waals surface area contributed by atoms with Gasteiger partial charge in [-0.3, -0.25) is 5.32 Å². The molecule has 0 aliphatic heterocycles. The summed E-state index contributed by atoms with van der Waals surface area (Å²) in [6.45, 7) is 7.15. The number of esters is 1. The smallest absolute Gasteiger partial charge is 0.497 e. The van der Waals surface area contributed by atoms with Crippen molar-refractivity contribution >= 4 is 12.1 Å². The highest BCUT2D eigenvalue weighted by Gasteiger charge is 2.37. The summed E-state index contributed by atoms with van der Waals surface area (Å²) in [6, 6.07) is 15.4.